The topological polar surface area (TPSA) is 113 Å². The molecule has 1 aromatic carbocycles. The van der Waals surface area contributed by atoms with Crippen LogP contribution in [-0.2, 0) is 14.8 Å². The summed E-state index contributed by atoms with van der Waals surface area (Å²) < 4.78 is 26.1. The molecule has 0 atom stereocenters. The summed E-state index contributed by atoms with van der Waals surface area (Å²) in [5, 5.41) is 11.9. The fraction of sp³-hybridized carbons (Fsp3) is 0.529. The van der Waals surface area contributed by atoms with E-state index < -0.39 is 16.0 Å². The average molecular weight is 368 g/mol. The van der Waals surface area contributed by atoms with Gasteiger partial charge in [-0.05, 0) is 50.3 Å². The highest BCUT2D eigenvalue weighted by Gasteiger charge is 2.26. The molecule has 0 aromatic heterocycles. The standard InChI is InChI=1S/C17H24N2O5S/c1-2-10-25(23,24)19-15-5-3-4-13(11-15)16(20)18-14-8-6-12(7-9-14)17(21)22/h3-5,11-12,14,19H,2,6-10H2,1H3,(H,18,20)(H,21,22). The fourth-order valence-corrected chi connectivity index (χ4v) is 4.10. The second-order valence-electron chi connectivity index (χ2n) is 6.36. The quantitative estimate of drug-likeness (QED) is 0.683. The smallest absolute Gasteiger partial charge is 0.306 e. The first-order valence-corrected chi connectivity index (χ1v) is 10.1. The van der Waals surface area contributed by atoms with Crippen molar-refractivity contribution in [3.05, 3.63) is 29.8 Å². The molecule has 138 valence electrons. The number of aliphatic carboxylic acids is 1. The van der Waals surface area contributed by atoms with Gasteiger partial charge >= 0.3 is 5.97 Å². The van der Waals surface area contributed by atoms with Gasteiger partial charge in [-0.1, -0.05) is 13.0 Å². The molecule has 25 heavy (non-hydrogen) atoms. The van der Waals surface area contributed by atoms with Gasteiger partial charge in [0.1, 0.15) is 0 Å². The van der Waals surface area contributed by atoms with E-state index in [1.807, 2.05) is 0 Å². The lowest BCUT2D eigenvalue weighted by Crippen LogP contribution is -2.38. The summed E-state index contributed by atoms with van der Waals surface area (Å²) in [5.41, 5.74) is 0.729. The number of amides is 1. The molecule has 0 unspecified atom stereocenters. The van der Waals surface area contributed by atoms with Crippen molar-refractivity contribution in [2.24, 2.45) is 5.92 Å². The molecule has 0 radical (unpaired) electrons. The van der Waals surface area contributed by atoms with Crippen LogP contribution in [0.15, 0.2) is 24.3 Å². The number of sulfonamides is 1. The van der Waals surface area contributed by atoms with Crippen molar-refractivity contribution >= 4 is 27.6 Å². The molecular formula is C17H24N2O5S. The van der Waals surface area contributed by atoms with Crippen LogP contribution in [-0.4, -0.2) is 37.2 Å². The van der Waals surface area contributed by atoms with E-state index in [0.717, 1.165) is 0 Å². The number of hydrogen-bond donors (Lipinski definition) is 3. The number of nitrogens with one attached hydrogen (secondary N) is 2. The van der Waals surface area contributed by atoms with Crippen LogP contribution in [0.3, 0.4) is 0 Å². The lowest BCUT2D eigenvalue weighted by molar-refractivity contribution is -0.142. The maximum absolute atomic E-state index is 12.4. The Kier molecular flexibility index (Phi) is 6.41. The Bertz CT molecular complexity index is 724. The summed E-state index contributed by atoms with van der Waals surface area (Å²) in [6.07, 6.45) is 2.87. The molecule has 8 heteroatoms. The van der Waals surface area contributed by atoms with Gasteiger partial charge in [0.2, 0.25) is 10.0 Å². The number of carbonyl (C=O) groups excluding carboxylic acids is 1. The molecule has 1 fully saturated rings. The molecule has 0 aliphatic heterocycles. The largest absolute Gasteiger partial charge is 0.481 e. The van der Waals surface area contributed by atoms with Crippen LogP contribution in [0.1, 0.15) is 49.4 Å². The highest BCUT2D eigenvalue weighted by atomic mass is 32.2. The summed E-state index contributed by atoms with van der Waals surface area (Å²) >= 11 is 0. The number of benzene rings is 1. The molecular weight excluding hydrogens is 344 g/mol. The van der Waals surface area contributed by atoms with Crippen molar-refractivity contribution in [2.75, 3.05) is 10.5 Å². The fourth-order valence-electron chi connectivity index (χ4n) is 2.98. The molecule has 7 nitrogen and oxygen atoms in total. The van der Waals surface area contributed by atoms with E-state index >= 15 is 0 Å². The van der Waals surface area contributed by atoms with Crippen LogP contribution in [0.2, 0.25) is 0 Å². The van der Waals surface area contributed by atoms with Crippen LogP contribution < -0.4 is 10.0 Å². The third-order valence-corrected chi connectivity index (χ3v) is 5.78. The highest BCUT2D eigenvalue weighted by molar-refractivity contribution is 7.92. The van der Waals surface area contributed by atoms with E-state index in [1.54, 1.807) is 25.1 Å². The van der Waals surface area contributed by atoms with Crippen molar-refractivity contribution in [3.8, 4) is 0 Å². The molecule has 0 heterocycles. The Hall–Kier alpha value is -2.09. The average Bonchev–Trinajstić information content (AvgIpc) is 2.55. The normalized spacial score (nSPS) is 20.7. The lowest BCUT2D eigenvalue weighted by atomic mass is 9.86. The maximum Gasteiger partial charge on any atom is 0.306 e. The van der Waals surface area contributed by atoms with Crippen molar-refractivity contribution in [1.82, 2.24) is 5.32 Å². The minimum Gasteiger partial charge on any atom is -0.481 e. The summed E-state index contributed by atoms with van der Waals surface area (Å²) in [5.74, 6) is -1.37. The number of carbonyl (C=O) groups is 2. The Morgan fingerprint density at radius 1 is 1.20 bits per heavy atom. The summed E-state index contributed by atoms with van der Waals surface area (Å²) in [6.45, 7) is 1.78. The Morgan fingerprint density at radius 2 is 1.88 bits per heavy atom. The number of hydrogen-bond acceptors (Lipinski definition) is 4. The van der Waals surface area contributed by atoms with Gasteiger partial charge in [-0.3, -0.25) is 14.3 Å². The van der Waals surface area contributed by atoms with Crippen LogP contribution in [0.4, 0.5) is 5.69 Å². The zero-order valence-corrected chi connectivity index (χ0v) is 15.0. The number of rotatable bonds is 7. The zero-order chi connectivity index (χ0) is 18.4. The maximum atomic E-state index is 12.4. The summed E-state index contributed by atoms with van der Waals surface area (Å²) in [6, 6.07) is 6.30. The Labute approximate surface area is 147 Å². The highest BCUT2D eigenvalue weighted by Crippen LogP contribution is 2.24. The van der Waals surface area contributed by atoms with E-state index in [9.17, 15) is 18.0 Å². The molecule has 1 saturated carbocycles. The molecule has 2 rings (SSSR count). The molecule has 0 bridgehead atoms. The van der Waals surface area contributed by atoms with E-state index in [4.69, 9.17) is 5.11 Å². The van der Waals surface area contributed by atoms with Crippen LogP contribution >= 0.6 is 0 Å². The Balaban J connectivity index is 1.96. The molecule has 1 aliphatic carbocycles. The summed E-state index contributed by atoms with van der Waals surface area (Å²) in [4.78, 5) is 23.3. The number of anilines is 1. The minimum atomic E-state index is -3.41. The van der Waals surface area contributed by atoms with Crippen molar-refractivity contribution < 1.29 is 23.1 Å². The molecule has 1 aliphatic rings. The monoisotopic (exact) mass is 368 g/mol. The molecule has 1 aromatic rings. The molecule has 1 amide bonds. The van der Waals surface area contributed by atoms with E-state index in [1.165, 1.54) is 6.07 Å². The predicted octanol–water partition coefficient (Wildman–Crippen LogP) is 2.21. The van der Waals surface area contributed by atoms with Gasteiger partial charge in [0.05, 0.1) is 11.7 Å². The van der Waals surface area contributed by atoms with Gasteiger partial charge in [-0.2, -0.15) is 0 Å². The van der Waals surface area contributed by atoms with Gasteiger partial charge in [0.25, 0.3) is 5.91 Å². The second kappa shape index (κ2) is 8.33. The first kappa shape index (κ1) is 19.2. The first-order valence-electron chi connectivity index (χ1n) is 8.45. The van der Waals surface area contributed by atoms with Gasteiger partial charge < -0.3 is 10.4 Å². The van der Waals surface area contributed by atoms with Gasteiger partial charge in [0, 0.05) is 17.3 Å². The van der Waals surface area contributed by atoms with E-state index in [-0.39, 0.29) is 23.6 Å². The van der Waals surface area contributed by atoms with E-state index in [0.29, 0.717) is 43.4 Å². The number of carboxylic acids is 1. The van der Waals surface area contributed by atoms with Crippen LogP contribution in [0.5, 0.6) is 0 Å². The zero-order valence-electron chi connectivity index (χ0n) is 14.2. The third-order valence-electron chi connectivity index (χ3n) is 4.28. The van der Waals surface area contributed by atoms with Crippen LogP contribution in [0, 0.1) is 5.92 Å². The molecule has 0 saturated heterocycles. The Morgan fingerprint density at radius 3 is 2.48 bits per heavy atom. The van der Waals surface area contributed by atoms with Gasteiger partial charge in [-0.25, -0.2) is 8.42 Å². The van der Waals surface area contributed by atoms with Gasteiger partial charge in [-0.15, -0.1) is 0 Å². The van der Waals surface area contributed by atoms with Crippen molar-refractivity contribution in [1.29, 1.82) is 0 Å². The molecule has 3 N–H and O–H groups in total. The van der Waals surface area contributed by atoms with Crippen LogP contribution in [0.25, 0.3) is 0 Å². The van der Waals surface area contributed by atoms with Crippen molar-refractivity contribution in [3.63, 3.8) is 0 Å². The SMILES string of the molecule is CCCS(=O)(=O)Nc1cccc(C(=O)NC2CCC(C(=O)O)CC2)c1. The lowest BCUT2D eigenvalue weighted by Gasteiger charge is -2.26. The second-order valence-corrected chi connectivity index (χ2v) is 8.20. The minimum absolute atomic E-state index is 0.0240. The van der Waals surface area contributed by atoms with E-state index in [2.05, 4.69) is 10.0 Å². The third kappa shape index (κ3) is 5.74. The first-order chi connectivity index (χ1) is 11.8. The molecule has 0 spiro atoms. The van der Waals surface area contributed by atoms with Crippen molar-refractivity contribution in [2.45, 2.75) is 45.1 Å². The predicted molar refractivity (Wildman–Crippen MR) is 95.0 cm³/mol. The number of carboxylic acid groups (broad SMARTS) is 1. The van der Waals surface area contributed by atoms with Gasteiger partial charge in [0.15, 0.2) is 0 Å². The summed E-state index contributed by atoms with van der Waals surface area (Å²) in [7, 11) is -3.41.